The van der Waals surface area contributed by atoms with Gasteiger partial charge in [0.1, 0.15) is 0 Å². The molecule has 0 amide bonds. The molecule has 3 aromatic rings. The van der Waals surface area contributed by atoms with Crippen LogP contribution in [0.1, 0.15) is 0 Å². The van der Waals surface area contributed by atoms with E-state index < -0.39 is 0 Å². The van der Waals surface area contributed by atoms with E-state index in [2.05, 4.69) is 15.1 Å². The highest BCUT2D eigenvalue weighted by molar-refractivity contribution is 5.84. The molecule has 0 radical (unpaired) electrons. The highest BCUT2D eigenvalue weighted by atomic mass is 16.5. The number of hydrogen-bond donors (Lipinski definition) is 0. The fourth-order valence-electron chi connectivity index (χ4n) is 2.29. The first-order chi connectivity index (χ1) is 10.1. The molecule has 0 atom stereocenters. The maximum absolute atomic E-state index is 5.40. The largest absolute Gasteiger partial charge is 0.480 e. The maximum Gasteiger partial charge on any atom is 0.225 e. The van der Waals surface area contributed by atoms with Crippen molar-refractivity contribution in [3.05, 3.63) is 30.3 Å². The summed E-state index contributed by atoms with van der Waals surface area (Å²) in [5.74, 6) is 1.92. The van der Waals surface area contributed by atoms with Gasteiger partial charge in [0.05, 0.1) is 18.2 Å². The zero-order valence-corrected chi connectivity index (χ0v) is 12.5. The van der Waals surface area contributed by atoms with Gasteiger partial charge in [0.15, 0.2) is 5.82 Å². The van der Waals surface area contributed by atoms with E-state index in [-0.39, 0.29) is 0 Å². The zero-order chi connectivity index (χ0) is 15.0. The minimum Gasteiger partial charge on any atom is -0.480 e. The lowest BCUT2D eigenvalue weighted by atomic mass is 10.1. The smallest absolute Gasteiger partial charge is 0.225 e. The van der Waals surface area contributed by atoms with Crippen LogP contribution in [0.25, 0.3) is 22.3 Å². The van der Waals surface area contributed by atoms with Gasteiger partial charge in [-0.15, -0.1) is 5.10 Å². The number of rotatable bonds is 3. The van der Waals surface area contributed by atoms with Crippen LogP contribution in [0.5, 0.6) is 5.88 Å². The number of nitrogens with zero attached hydrogens (tertiary/aromatic N) is 5. The molecule has 2 heterocycles. The van der Waals surface area contributed by atoms with Crippen LogP contribution >= 0.6 is 0 Å². The van der Waals surface area contributed by atoms with Crippen molar-refractivity contribution in [3.8, 4) is 17.3 Å². The second kappa shape index (κ2) is 5.05. The second-order valence-corrected chi connectivity index (χ2v) is 4.99. The first kappa shape index (κ1) is 13.4. The molecule has 3 rings (SSSR count). The number of methoxy groups -OCH3 is 1. The van der Waals surface area contributed by atoms with Gasteiger partial charge in [-0.25, -0.2) is 9.67 Å². The monoisotopic (exact) mass is 283 g/mol. The van der Waals surface area contributed by atoms with Gasteiger partial charge in [0, 0.05) is 26.5 Å². The number of aryl methyl sites for hydroxylation is 1. The Morgan fingerprint density at radius 2 is 1.90 bits per heavy atom. The third-order valence-corrected chi connectivity index (χ3v) is 3.26. The molecule has 108 valence electrons. The molecule has 0 aliphatic heterocycles. The molecule has 1 aromatic carbocycles. The van der Waals surface area contributed by atoms with E-state index in [1.54, 1.807) is 11.8 Å². The molecule has 6 nitrogen and oxygen atoms in total. The van der Waals surface area contributed by atoms with Gasteiger partial charge in [-0.1, -0.05) is 18.2 Å². The van der Waals surface area contributed by atoms with Crippen LogP contribution in [0.3, 0.4) is 0 Å². The van der Waals surface area contributed by atoms with E-state index in [0.29, 0.717) is 11.7 Å². The van der Waals surface area contributed by atoms with Crippen LogP contribution in [0.2, 0.25) is 0 Å². The third-order valence-electron chi connectivity index (χ3n) is 3.26. The van der Waals surface area contributed by atoms with Crippen molar-refractivity contribution >= 4 is 16.9 Å². The molecule has 0 bridgehead atoms. The Bertz CT molecular complexity index is 794. The Balaban J connectivity index is 2.21. The van der Waals surface area contributed by atoms with Crippen molar-refractivity contribution in [1.29, 1.82) is 0 Å². The minimum absolute atomic E-state index is 0.532. The summed E-state index contributed by atoms with van der Waals surface area (Å²) in [6.07, 6.45) is 0. The molecule has 0 N–H and O–H groups in total. The predicted octanol–water partition coefficient (Wildman–Crippen LogP) is 2.10. The van der Waals surface area contributed by atoms with Gasteiger partial charge >= 0.3 is 0 Å². The number of ether oxygens (including phenoxy) is 1. The number of hydrogen-bond acceptors (Lipinski definition) is 5. The second-order valence-electron chi connectivity index (χ2n) is 4.99. The molecule has 0 unspecified atom stereocenters. The minimum atomic E-state index is 0.532. The molecule has 0 spiro atoms. The Hall–Kier alpha value is -2.63. The van der Waals surface area contributed by atoms with Crippen molar-refractivity contribution in [1.82, 2.24) is 19.7 Å². The zero-order valence-electron chi connectivity index (χ0n) is 12.5. The van der Waals surface area contributed by atoms with Crippen molar-refractivity contribution in [2.24, 2.45) is 7.05 Å². The molecule has 0 aliphatic rings. The summed E-state index contributed by atoms with van der Waals surface area (Å²) in [6, 6.07) is 9.92. The van der Waals surface area contributed by atoms with E-state index in [1.165, 1.54) is 0 Å². The molecule has 0 saturated heterocycles. The van der Waals surface area contributed by atoms with Crippen molar-refractivity contribution in [2.75, 3.05) is 26.1 Å². The maximum atomic E-state index is 5.40. The summed E-state index contributed by atoms with van der Waals surface area (Å²) >= 11 is 0. The van der Waals surface area contributed by atoms with Gasteiger partial charge < -0.3 is 9.64 Å². The number of benzene rings is 1. The average Bonchev–Trinajstić information content (AvgIpc) is 2.88. The Morgan fingerprint density at radius 1 is 1.14 bits per heavy atom. The SMILES string of the molecule is COc1nc2ccccc2cc1-c1nc(N(C)C)n(C)n1. The first-order valence-corrected chi connectivity index (χ1v) is 6.62. The quantitative estimate of drug-likeness (QED) is 0.737. The summed E-state index contributed by atoms with van der Waals surface area (Å²) in [6.45, 7) is 0. The molecular weight excluding hydrogens is 266 g/mol. The number of anilines is 1. The normalized spacial score (nSPS) is 10.9. The lowest BCUT2D eigenvalue weighted by molar-refractivity contribution is 0.401. The highest BCUT2D eigenvalue weighted by Crippen LogP contribution is 2.30. The van der Waals surface area contributed by atoms with Gasteiger partial charge in [0.2, 0.25) is 11.8 Å². The van der Waals surface area contributed by atoms with Crippen LogP contribution in [-0.4, -0.2) is 41.0 Å². The van der Waals surface area contributed by atoms with Crippen LogP contribution in [-0.2, 0) is 7.05 Å². The molecule has 0 fully saturated rings. The predicted molar refractivity (Wildman–Crippen MR) is 82.6 cm³/mol. The molecule has 21 heavy (non-hydrogen) atoms. The van der Waals surface area contributed by atoms with Crippen LogP contribution < -0.4 is 9.64 Å². The lowest BCUT2D eigenvalue weighted by Crippen LogP contribution is -2.14. The van der Waals surface area contributed by atoms with E-state index >= 15 is 0 Å². The van der Waals surface area contributed by atoms with E-state index in [0.717, 1.165) is 22.4 Å². The number of aromatic nitrogens is 4. The Kier molecular flexibility index (Phi) is 3.21. The Morgan fingerprint density at radius 3 is 2.57 bits per heavy atom. The summed E-state index contributed by atoms with van der Waals surface area (Å²) < 4.78 is 7.14. The van der Waals surface area contributed by atoms with Crippen LogP contribution in [0.4, 0.5) is 5.95 Å². The summed E-state index contributed by atoms with van der Waals surface area (Å²) in [4.78, 5) is 11.0. The Labute approximate surface area is 123 Å². The van der Waals surface area contributed by atoms with Crippen molar-refractivity contribution in [2.45, 2.75) is 0 Å². The van der Waals surface area contributed by atoms with E-state index in [4.69, 9.17) is 4.74 Å². The summed E-state index contributed by atoms with van der Waals surface area (Å²) in [5.41, 5.74) is 1.68. The highest BCUT2D eigenvalue weighted by Gasteiger charge is 2.16. The fourth-order valence-corrected chi connectivity index (χ4v) is 2.29. The fraction of sp³-hybridized carbons (Fsp3) is 0.267. The molecule has 0 saturated carbocycles. The number of para-hydroxylation sites is 1. The summed E-state index contributed by atoms with van der Waals surface area (Å²) in [7, 11) is 7.34. The summed E-state index contributed by atoms with van der Waals surface area (Å²) in [5, 5.41) is 5.50. The van der Waals surface area contributed by atoms with E-state index in [1.807, 2.05) is 56.4 Å². The lowest BCUT2D eigenvalue weighted by Gasteiger charge is -2.08. The molecular formula is C15H17N5O. The van der Waals surface area contributed by atoms with Crippen molar-refractivity contribution in [3.63, 3.8) is 0 Å². The number of fused-ring (bicyclic) bond motifs is 1. The topological polar surface area (TPSA) is 56.1 Å². The van der Waals surface area contributed by atoms with Gasteiger partial charge in [-0.3, -0.25) is 0 Å². The first-order valence-electron chi connectivity index (χ1n) is 6.62. The molecule has 6 heteroatoms. The van der Waals surface area contributed by atoms with Crippen LogP contribution in [0, 0.1) is 0 Å². The third kappa shape index (κ3) is 2.29. The van der Waals surface area contributed by atoms with Crippen molar-refractivity contribution < 1.29 is 4.74 Å². The molecule has 2 aromatic heterocycles. The van der Waals surface area contributed by atoms with Gasteiger partial charge in [-0.2, -0.15) is 4.98 Å². The molecule has 0 aliphatic carbocycles. The average molecular weight is 283 g/mol. The van der Waals surface area contributed by atoms with Gasteiger partial charge in [0.25, 0.3) is 0 Å². The standard InChI is InChI=1S/C15H17N5O/c1-19(2)15-17-13(18-20(15)3)11-9-10-7-5-6-8-12(10)16-14(11)21-4/h5-9H,1-4H3. The van der Waals surface area contributed by atoms with Crippen LogP contribution in [0.15, 0.2) is 30.3 Å². The van der Waals surface area contributed by atoms with Gasteiger partial charge in [-0.05, 0) is 12.1 Å². The van der Waals surface area contributed by atoms with E-state index in [9.17, 15) is 0 Å². The number of pyridine rings is 1.